The number of carbonyl (C=O) groups excluding carboxylic acids is 1. The summed E-state index contributed by atoms with van der Waals surface area (Å²) < 4.78 is 23.6. The monoisotopic (exact) mass is 333 g/mol. The van der Waals surface area contributed by atoms with Crippen LogP contribution in [0.25, 0.3) is 0 Å². The van der Waals surface area contributed by atoms with E-state index in [1.54, 1.807) is 36.0 Å². The molecule has 1 aromatic rings. The van der Waals surface area contributed by atoms with E-state index in [-0.39, 0.29) is 5.91 Å². The molecule has 1 atom stereocenters. The van der Waals surface area contributed by atoms with Gasteiger partial charge in [0.2, 0.25) is 0 Å². The van der Waals surface area contributed by atoms with E-state index in [1.807, 2.05) is 0 Å². The van der Waals surface area contributed by atoms with Gasteiger partial charge in [0, 0.05) is 35.7 Å². The number of hydrogen-bond donors (Lipinski definition) is 0. The van der Waals surface area contributed by atoms with E-state index in [0.29, 0.717) is 23.7 Å². The third kappa shape index (κ3) is 3.48. The number of benzene rings is 1. The first-order valence-electron chi connectivity index (χ1n) is 6.16. The number of sulfone groups is 1. The van der Waals surface area contributed by atoms with Gasteiger partial charge < -0.3 is 4.90 Å². The third-order valence-corrected chi connectivity index (χ3v) is 6.15. The van der Waals surface area contributed by atoms with Crippen molar-refractivity contribution in [1.29, 1.82) is 0 Å². The van der Waals surface area contributed by atoms with Gasteiger partial charge in [-0.1, -0.05) is 12.1 Å². The van der Waals surface area contributed by atoms with Crippen molar-refractivity contribution in [3.63, 3.8) is 0 Å². The lowest BCUT2D eigenvalue weighted by Crippen LogP contribution is -2.49. The summed E-state index contributed by atoms with van der Waals surface area (Å²) in [4.78, 5) is 13.9. The molecule has 1 amide bonds. The zero-order chi connectivity index (χ0) is 14.8. The number of amides is 1. The van der Waals surface area contributed by atoms with E-state index in [9.17, 15) is 13.2 Å². The molecule has 1 heterocycles. The molecule has 0 spiro atoms. The minimum Gasteiger partial charge on any atom is -0.320 e. The van der Waals surface area contributed by atoms with Crippen molar-refractivity contribution >= 4 is 39.1 Å². The Kier molecular flexibility index (Phi) is 4.99. The maximum Gasteiger partial charge on any atom is 0.254 e. The van der Waals surface area contributed by atoms with Crippen LogP contribution in [0.4, 0.5) is 0 Å². The number of halogens is 1. The van der Waals surface area contributed by atoms with Crippen molar-refractivity contribution in [2.75, 3.05) is 24.3 Å². The Balaban J connectivity index is 2.25. The third-order valence-electron chi connectivity index (χ3n) is 3.19. The van der Waals surface area contributed by atoms with Crippen LogP contribution in [0.3, 0.4) is 0 Å². The van der Waals surface area contributed by atoms with Gasteiger partial charge in [0.15, 0.2) is 9.84 Å². The Hall–Kier alpha value is -0.720. The molecule has 0 saturated carbocycles. The molecule has 1 aliphatic heterocycles. The SMILES string of the molecule is CS(=O)(=O)C1CSCCN1C(=O)c1ccc(CCl)cc1. The summed E-state index contributed by atoms with van der Waals surface area (Å²) in [5, 5.41) is -0.735. The largest absolute Gasteiger partial charge is 0.320 e. The molecule has 1 fully saturated rings. The van der Waals surface area contributed by atoms with Gasteiger partial charge in [0.1, 0.15) is 5.37 Å². The normalized spacial score (nSPS) is 19.9. The fourth-order valence-corrected chi connectivity index (χ4v) is 5.06. The van der Waals surface area contributed by atoms with E-state index in [2.05, 4.69) is 0 Å². The Bertz CT molecular complexity index is 586. The second-order valence-corrected chi connectivity index (χ2v) is 8.31. The molecule has 1 unspecified atom stereocenters. The zero-order valence-electron chi connectivity index (χ0n) is 11.1. The molecule has 7 heteroatoms. The quantitative estimate of drug-likeness (QED) is 0.794. The van der Waals surface area contributed by atoms with Crippen LogP contribution in [0.15, 0.2) is 24.3 Å². The lowest BCUT2D eigenvalue weighted by Gasteiger charge is -2.34. The molecule has 0 aliphatic carbocycles. The molecule has 0 bridgehead atoms. The number of rotatable bonds is 3. The maximum absolute atomic E-state index is 12.5. The van der Waals surface area contributed by atoms with Crippen LogP contribution < -0.4 is 0 Å². The number of nitrogens with zero attached hydrogens (tertiary/aromatic N) is 1. The van der Waals surface area contributed by atoms with Crippen molar-refractivity contribution < 1.29 is 13.2 Å². The van der Waals surface area contributed by atoms with Crippen LogP contribution in [0.5, 0.6) is 0 Å². The summed E-state index contributed by atoms with van der Waals surface area (Å²) in [6, 6.07) is 6.96. The molecule has 2 rings (SSSR count). The van der Waals surface area contributed by atoms with Gasteiger partial charge in [-0.25, -0.2) is 8.42 Å². The average Bonchev–Trinajstić information content (AvgIpc) is 2.46. The number of thioether (sulfide) groups is 1. The van der Waals surface area contributed by atoms with E-state index in [0.717, 1.165) is 11.3 Å². The number of hydrogen-bond acceptors (Lipinski definition) is 4. The van der Waals surface area contributed by atoms with Gasteiger partial charge in [-0.05, 0) is 17.7 Å². The molecule has 1 aromatic carbocycles. The topological polar surface area (TPSA) is 54.5 Å². The fraction of sp³-hybridized carbons (Fsp3) is 0.462. The van der Waals surface area contributed by atoms with E-state index in [4.69, 9.17) is 11.6 Å². The standard InChI is InChI=1S/C13H16ClNO3S2/c1-20(17,18)12-9-19-7-6-15(12)13(16)11-4-2-10(8-14)3-5-11/h2-5,12H,6-9H2,1H3. The second-order valence-electron chi connectivity index (χ2n) is 4.69. The van der Waals surface area contributed by atoms with E-state index in [1.165, 1.54) is 11.2 Å². The molecule has 1 aliphatic rings. The summed E-state index contributed by atoms with van der Waals surface area (Å²) in [6.07, 6.45) is 1.18. The average molecular weight is 334 g/mol. The Morgan fingerprint density at radius 3 is 2.60 bits per heavy atom. The van der Waals surface area contributed by atoms with Crippen molar-refractivity contribution in [2.45, 2.75) is 11.3 Å². The summed E-state index contributed by atoms with van der Waals surface area (Å²) >= 11 is 7.27. The molecule has 0 radical (unpaired) electrons. The van der Waals surface area contributed by atoms with Crippen molar-refractivity contribution in [3.05, 3.63) is 35.4 Å². The fourth-order valence-electron chi connectivity index (χ4n) is 2.07. The minimum atomic E-state index is -3.28. The van der Waals surface area contributed by atoms with Crippen LogP contribution in [-0.2, 0) is 15.7 Å². The first-order chi connectivity index (χ1) is 9.43. The Morgan fingerprint density at radius 2 is 2.05 bits per heavy atom. The lowest BCUT2D eigenvalue weighted by atomic mass is 10.1. The van der Waals surface area contributed by atoms with Crippen LogP contribution in [0, 0.1) is 0 Å². The maximum atomic E-state index is 12.5. The number of alkyl halides is 1. The van der Waals surface area contributed by atoms with Crippen LogP contribution in [0.1, 0.15) is 15.9 Å². The molecule has 110 valence electrons. The van der Waals surface area contributed by atoms with Gasteiger partial charge in [-0.3, -0.25) is 4.79 Å². The summed E-state index contributed by atoms with van der Waals surface area (Å²) in [6.45, 7) is 0.457. The van der Waals surface area contributed by atoms with Crippen molar-refractivity contribution in [2.24, 2.45) is 0 Å². The van der Waals surface area contributed by atoms with E-state index < -0.39 is 15.2 Å². The lowest BCUT2D eigenvalue weighted by molar-refractivity contribution is 0.0749. The minimum absolute atomic E-state index is 0.234. The predicted molar refractivity (Wildman–Crippen MR) is 83.0 cm³/mol. The number of carbonyl (C=O) groups is 1. The highest BCUT2D eigenvalue weighted by molar-refractivity contribution is 8.00. The molecule has 20 heavy (non-hydrogen) atoms. The summed E-state index contributed by atoms with van der Waals surface area (Å²) in [7, 11) is -3.28. The second kappa shape index (κ2) is 6.37. The Labute approximate surface area is 128 Å². The van der Waals surface area contributed by atoms with Crippen LogP contribution in [-0.4, -0.2) is 48.9 Å². The highest BCUT2D eigenvalue weighted by atomic mass is 35.5. The zero-order valence-corrected chi connectivity index (χ0v) is 13.5. The molecular formula is C13H16ClNO3S2. The molecule has 0 N–H and O–H groups in total. The van der Waals surface area contributed by atoms with Gasteiger partial charge in [0.05, 0.1) is 0 Å². The Morgan fingerprint density at radius 1 is 1.40 bits per heavy atom. The van der Waals surface area contributed by atoms with Gasteiger partial charge >= 0.3 is 0 Å². The highest BCUT2D eigenvalue weighted by Crippen LogP contribution is 2.22. The van der Waals surface area contributed by atoms with Crippen molar-refractivity contribution in [1.82, 2.24) is 4.90 Å². The van der Waals surface area contributed by atoms with Crippen LogP contribution in [0.2, 0.25) is 0 Å². The van der Waals surface area contributed by atoms with Gasteiger partial charge in [0.25, 0.3) is 5.91 Å². The summed E-state index contributed by atoms with van der Waals surface area (Å²) in [5.74, 6) is 1.35. The highest BCUT2D eigenvalue weighted by Gasteiger charge is 2.34. The molecule has 4 nitrogen and oxygen atoms in total. The van der Waals surface area contributed by atoms with Gasteiger partial charge in [-0.2, -0.15) is 11.8 Å². The van der Waals surface area contributed by atoms with E-state index >= 15 is 0 Å². The van der Waals surface area contributed by atoms with Crippen LogP contribution >= 0.6 is 23.4 Å². The molecular weight excluding hydrogens is 318 g/mol. The molecule has 1 saturated heterocycles. The predicted octanol–water partition coefficient (Wildman–Crippen LogP) is 1.99. The first-order valence-corrected chi connectivity index (χ1v) is 9.80. The summed E-state index contributed by atoms with van der Waals surface area (Å²) in [5.41, 5.74) is 1.43. The first kappa shape index (κ1) is 15.7. The van der Waals surface area contributed by atoms with Gasteiger partial charge in [-0.15, -0.1) is 11.6 Å². The van der Waals surface area contributed by atoms with Crippen molar-refractivity contribution in [3.8, 4) is 0 Å². The molecule has 0 aromatic heterocycles. The smallest absolute Gasteiger partial charge is 0.254 e.